The molecule has 0 aromatic rings. The highest BCUT2D eigenvalue weighted by atomic mass is 19.4. The summed E-state index contributed by atoms with van der Waals surface area (Å²) in [6.07, 6.45) is 0.0452. The van der Waals surface area contributed by atoms with Gasteiger partial charge in [-0.25, -0.2) is 0 Å². The first-order valence-corrected chi connectivity index (χ1v) is 10.2. The molecule has 4 aliphatic rings. The number of carbonyl (C=O) groups excluding carboxylic acids is 1. The Balaban J connectivity index is 1.70. The summed E-state index contributed by atoms with van der Waals surface area (Å²) in [6, 6.07) is 0. The normalized spacial score (nSPS) is 54.4. The lowest BCUT2D eigenvalue weighted by Crippen LogP contribution is -2.62. The maximum absolute atomic E-state index is 13.8. The quantitative estimate of drug-likeness (QED) is 0.639. The molecule has 148 valence electrons. The van der Waals surface area contributed by atoms with Crippen molar-refractivity contribution in [2.75, 3.05) is 0 Å². The van der Waals surface area contributed by atoms with Crippen LogP contribution in [0.1, 0.15) is 72.1 Å². The highest BCUT2D eigenvalue weighted by Gasteiger charge is 2.73. The molecule has 0 saturated heterocycles. The number of rotatable bonds is 0. The minimum absolute atomic E-state index is 0.0710. The van der Waals surface area contributed by atoms with Gasteiger partial charge in [-0.1, -0.05) is 20.8 Å². The largest absolute Gasteiger partial charge is 0.417 e. The molecule has 1 N–H and O–H groups in total. The lowest BCUT2D eigenvalue weighted by Gasteiger charge is -2.62. The molecule has 8 atom stereocenters. The zero-order valence-corrected chi connectivity index (χ0v) is 16.0. The van der Waals surface area contributed by atoms with E-state index in [1.165, 1.54) is 0 Å². The number of carbonyl (C=O) groups is 1. The van der Waals surface area contributed by atoms with Crippen LogP contribution in [0.25, 0.3) is 0 Å². The molecule has 0 aromatic carbocycles. The molecule has 3 unspecified atom stereocenters. The number of aliphatic hydroxyl groups is 1. The first-order valence-electron chi connectivity index (χ1n) is 10.2. The Kier molecular flexibility index (Phi) is 3.96. The van der Waals surface area contributed by atoms with Crippen LogP contribution in [0.3, 0.4) is 0 Å². The Bertz CT molecular complexity index is 617. The summed E-state index contributed by atoms with van der Waals surface area (Å²) in [4.78, 5) is 12.0. The summed E-state index contributed by atoms with van der Waals surface area (Å²) in [5, 5.41) is 10.7. The van der Waals surface area contributed by atoms with Gasteiger partial charge in [0.2, 0.25) is 0 Å². The van der Waals surface area contributed by atoms with Crippen LogP contribution in [0.15, 0.2) is 0 Å². The Morgan fingerprint density at radius 2 is 1.73 bits per heavy atom. The molecule has 0 bridgehead atoms. The summed E-state index contributed by atoms with van der Waals surface area (Å²) in [7, 11) is 0. The molecule has 0 aliphatic heterocycles. The van der Waals surface area contributed by atoms with Crippen molar-refractivity contribution >= 4 is 5.78 Å². The van der Waals surface area contributed by atoms with E-state index in [1.54, 1.807) is 6.92 Å². The minimum Gasteiger partial charge on any atom is -0.380 e. The van der Waals surface area contributed by atoms with Crippen LogP contribution in [0.2, 0.25) is 0 Å². The molecule has 4 rings (SSSR count). The summed E-state index contributed by atoms with van der Waals surface area (Å²) in [5.41, 5.74) is -3.55. The zero-order chi connectivity index (χ0) is 19.1. The van der Waals surface area contributed by atoms with Gasteiger partial charge in [0.1, 0.15) is 5.78 Å². The number of hydrogen-bond acceptors (Lipinski definition) is 2. The third-order valence-corrected chi connectivity index (χ3v) is 9.46. The van der Waals surface area contributed by atoms with Crippen LogP contribution >= 0.6 is 0 Å². The standard InChI is InChI=1S/C21H31F3O2/c1-12-10-13-11-14(25)4-7-18(13,2)15-5-8-19(3)16(17(12)15)6-9-20(19,26)21(22,23)24/h12-13,15-17,26H,4-11H2,1-3H3/t12?,13?,15-,16+,17-,18+,19+,20?/m1/s1. The van der Waals surface area contributed by atoms with Gasteiger partial charge in [0.15, 0.2) is 5.60 Å². The first-order chi connectivity index (χ1) is 11.9. The number of alkyl halides is 3. The monoisotopic (exact) mass is 372 g/mol. The third kappa shape index (κ3) is 2.18. The molecule has 4 fully saturated rings. The fraction of sp³-hybridized carbons (Fsp3) is 0.952. The lowest BCUT2D eigenvalue weighted by atomic mass is 9.42. The van der Waals surface area contributed by atoms with Gasteiger partial charge in [0.05, 0.1) is 0 Å². The summed E-state index contributed by atoms with van der Waals surface area (Å²) >= 11 is 0. The van der Waals surface area contributed by atoms with Crippen molar-refractivity contribution in [1.82, 2.24) is 0 Å². The van der Waals surface area contributed by atoms with Crippen LogP contribution in [-0.4, -0.2) is 22.7 Å². The van der Waals surface area contributed by atoms with Gasteiger partial charge in [-0.15, -0.1) is 0 Å². The predicted octanol–water partition coefficient (Wildman–Crippen LogP) is 5.14. The number of fused-ring (bicyclic) bond motifs is 5. The molecule has 2 nitrogen and oxygen atoms in total. The van der Waals surface area contributed by atoms with E-state index in [0.717, 1.165) is 19.3 Å². The van der Waals surface area contributed by atoms with Crippen LogP contribution < -0.4 is 0 Å². The second-order valence-corrected chi connectivity index (χ2v) is 10.3. The van der Waals surface area contributed by atoms with Gasteiger partial charge in [-0.3, -0.25) is 4.79 Å². The predicted molar refractivity (Wildman–Crippen MR) is 92.3 cm³/mol. The van der Waals surface area contributed by atoms with E-state index in [2.05, 4.69) is 13.8 Å². The van der Waals surface area contributed by atoms with Gasteiger partial charge in [0.25, 0.3) is 0 Å². The van der Waals surface area contributed by atoms with Crippen molar-refractivity contribution in [3.05, 3.63) is 0 Å². The molecule has 26 heavy (non-hydrogen) atoms. The molecule has 0 aromatic heterocycles. The van der Waals surface area contributed by atoms with E-state index < -0.39 is 17.2 Å². The van der Waals surface area contributed by atoms with Crippen molar-refractivity contribution in [2.24, 2.45) is 40.4 Å². The molecule has 4 saturated carbocycles. The van der Waals surface area contributed by atoms with E-state index in [1.807, 2.05) is 0 Å². The molecule has 0 spiro atoms. The van der Waals surface area contributed by atoms with Crippen LogP contribution in [-0.2, 0) is 4.79 Å². The number of ketones is 1. The van der Waals surface area contributed by atoms with Crippen molar-refractivity contribution in [3.8, 4) is 0 Å². The average molecular weight is 372 g/mol. The smallest absolute Gasteiger partial charge is 0.380 e. The maximum atomic E-state index is 13.8. The van der Waals surface area contributed by atoms with Gasteiger partial charge >= 0.3 is 6.18 Å². The van der Waals surface area contributed by atoms with Crippen LogP contribution in [0.4, 0.5) is 13.2 Å². The van der Waals surface area contributed by atoms with E-state index in [0.29, 0.717) is 49.2 Å². The fourth-order valence-corrected chi connectivity index (χ4v) is 7.91. The number of Topliss-reactive ketones (excluding diaryl/α,β-unsaturated/α-hetero) is 1. The zero-order valence-electron chi connectivity index (χ0n) is 16.0. The van der Waals surface area contributed by atoms with Gasteiger partial charge in [-0.2, -0.15) is 13.2 Å². The molecule has 0 amide bonds. The summed E-state index contributed by atoms with van der Waals surface area (Å²) in [5.74, 6) is 1.61. The van der Waals surface area contributed by atoms with E-state index in [-0.39, 0.29) is 23.7 Å². The molecule has 0 radical (unpaired) electrons. The molecule has 5 heteroatoms. The minimum atomic E-state index is -4.56. The molecule has 4 aliphatic carbocycles. The lowest BCUT2D eigenvalue weighted by molar-refractivity contribution is -0.305. The van der Waals surface area contributed by atoms with Gasteiger partial charge < -0.3 is 5.11 Å². The number of hydrogen-bond donors (Lipinski definition) is 1. The topological polar surface area (TPSA) is 37.3 Å². The van der Waals surface area contributed by atoms with Gasteiger partial charge in [0, 0.05) is 18.3 Å². The summed E-state index contributed by atoms with van der Waals surface area (Å²) < 4.78 is 41.3. The Morgan fingerprint density at radius 3 is 2.38 bits per heavy atom. The van der Waals surface area contributed by atoms with E-state index >= 15 is 0 Å². The van der Waals surface area contributed by atoms with E-state index in [4.69, 9.17) is 0 Å². The van der Waals surface area contributed by atoms with Crippen LogP contribution in [0.5, 0.6) is 0 Å². The summed E-state index contributed by atoms with van der Waals surface area (Å²) in [6.45, 7) is 6.16. The first kappa shape index (κ1) is 18.8. The highest BCUT2D eigenvalue weighted by molar-refractivity contribution is 5.79. The maximum Gasteiger partial charge on any atom is 0.417 e. The second-order valence-electron chi connectivity index (χ2n) is 10.3. The van der Waals surface area contributed by atoms with Crippen molar-refractivity contribution < 1.29 is 23.1 Å². The molecular formula is C21H31F3O2. The Morgan fingerprint density at radius 1 is 1.08 bits per heavy atom. The Hall–Kier alpha value is -0.580. The SMILES string of the molecule is CC1CC2CC(=O)CC[C@]2(C)[C@@H]2CC[C@@]3(C)[C@@H](CCC3(O)C(F)(F)F)[C@H]12. The average Bonchev–Trinajstić information content (AvgIpc) is 2.82. The van der Waals surface area contributed by atoms with Crippen LogP contribution in [0, 0.1) is 40.4 Å². The van der Waals surface area contributed by atoms with Crippen molar-refractivity contribution in [2.45, 2.75) is 83.9 Å². The molecular weight excluding hydrogens is 341 g/mol. The van der Waals surface area contributed by atoms with Gasteiger partial charge in [-0.05, 0) is 73.5 Å². The van der Waals surface area contributed by atoms with E-state index in [9.17, 15) is 23.1 Å². The third-order valence-electron chi connectivity index (χ3n) is 9.46. The fourth-order valence-electron chi connectivity index (χ4n) is 7.91. The van der Waals surface area contributed by atoms with Crippen molar-refractivity contribution in [1.29, 1.82) is 0 Å². The van der Waals surface area contributed by atoms with Crippen molar-refractivity contribution in [3.63, 3.8) is 0 Å². The number of halogens is 3. The highest BCUT2D eigenvalue weighted by Crippen LogP contribution is 2.71. The Labute approximate surface area is 153 Å². The molecule has 0 heterocycles. The second kappa shape index (κ2) is 5.48.